The van der Waals surface area contributed by atoms with Gasteiger partial charge in [-0.05, 0) is 42.2 Å². The number of carbonyl (C=O) groups is 2. The van der Waals surface area contributed by atoms with Gasteiger partial charge in [0, 0.05) is 23.5 Å². The summed E-state index contributed by atoms with van der Waals surface area (Å²) in [6.07, 6.45) is 6.57. The van der Waals surface area contributed by atoms with Gasteiger partial charge in [0.15, 0.2) is 0 Å². The van der Waals surface area contributed by atoms with Crippen LogP contribution in [0.25, 0.3) is 6.08 Å². The number of hydrogen-bond acceptors (Lipinski definition) is 3. The average molecular weight is 319 g/mol. The van der Waals surface area contributed by atoms with E-state index in [0.29, 0.717) is 11.8 Å². The zero-order valence-corrected chi connectivity index (χ0v) is 13.3. The van der Waals surface area contributed by atoms with Crippen LogP contribution in [0.15, 0.2) is 23.1 Å². The molecule has 1 aliphatic carbocycles. The quantitative estimate of drug-likeness (QED) is 0.867. The van der Waals surface area contributed by atoms with Crippen LogP contribution < -0.4 is 0 Å². The number of aliphatic carboxylic acids is 1. The van der Waals surface area contributed by atoms with Crippen molar-refractivity contribution >= 4 is 29.3 Å². The summed E-state index contributed by atoms with van der Waals surface area (Å²) in [5.41, 5.74) is 0.183. The van der Waals surface area contributed by atoms with E-state index in [1.807, 2.05) is 22.4 Å². The Morgan fingerprint density at radius 1 is 1.27 bits per heavy atom. The lowest BCUT2D eigenvalue weighted by molar-refractivity contribution is -0.136. The molecule has 1 amide bonds. The molecular formula is C17H21NO3S. The van der Waals surface area contributed by atoms with E-state index < -0.39 is 5.97 Å². The van der Waals surface area contributed by atoms with Gasteiger partial charge in [0.1, 0.15) is 0 Å². The Morgan fingerprint density at radius 2 is 1.95 bits per heavy atom. The van der Waals surface area contributed by atoms with Gasteiger partial charge in [-0.15, -0.1) is 11.3 Å². The fourth-order valence-electron chi connectivity index (χ4n) is 3.62. The number of carboxylic acid groups (broad SMARTS) is 1. The zero-order valence-electron chi connectivity index (χ0n) is 12.5. The number of fused-ring (bicyclic) bond motifs is 1. The second kappa shape index (κ2) is 6.65. The lowest BCUT2D eigenvalue weighted by atomic mass is 9.82. The van der Waals surface area contributed by atoms with Crippen molar-refractivity contribution in [3.63, 3.8) is 0 Å². The van der Waals surface area contributed by atoms with E-state index in [1.165, 1.54) is 37.0 Å². The first-order chi connectivity index (χ1) is 10.6. The van der Waals surface area contributed by atoms with Crippen LogP contribution in [0, 0.1) is 11.8 Å². The minimum Gasteiger partial charge on any atom is -0.478 e. The highest BCUT2D eigenvalue weighted by atomic mass is 32.1. The predicted octanol–water partition coefficient (Wildman–Crippen LogP) is 3.25. The van der Waals surface area contributed by atoms with Gasteiger partial charge >= 0.3 is 5.97 Å². The molecule has 0 bridgehead atoms. The minimum absolute atomic E-state index is 0.00727. The maximum absolute atomic E-state index is 12.5. The summed E-state index contributed by atoms with van der Waals surface area (Å²) in [5.74, 6) is 0.220. The predicted molar refractivity (Wildman–Crippen MR) is 86.6 cm³/mol. The fraction of sp³-hybridized carbons (Fsp3) is 0.529. The summed E-state index contributed by atoms with van der Waals surface area (Å²) in [7, 11) is 0. The molecule has 118 valence electrons. The first kappa shape index (κ1) is 15.3. The van der Waals surface area contributed by atoms with Crippen LogP contribution in [0.3, 0.4) is 0 Å². The van der Waals surface area contributed by atoms with Gasteiger partial charge in [-0.3, -0.25) is 4.79 Å². The van der Waals surface area contributed by atoms with Gasteiger partial charge in [-0.25, -0.2) is 4.79 Å². The van der Waals surface area contributed by atoms with Gasteiger partial charge in [-0.1, -0.05) is 18.9 Å². The van der Waals surface area contributed by atoms with E-state index in [-0.39, 0.29) is 17.9 Å². The molecule has 1 aromatic rings. The molecular weight excluding hydrogens is 298 g/mol. The number of carbonyl (C=O) groups excluding carboxylic acids is 1. The molecule has 0 aromatic carbocycles. The standard InChI is InChI=1S/C17H21NO3S/c19-16(18-10-12-4-1-2-5-13(12)11-18)9-14(17(20)21)8-15-6-3-7-22-15/h3,6-8,12-13H,1-2,4-5,9-11H2,(H,20,21). The van der Waals surface area contributed by atoms with Crippen molar-refractivity contribution in [2.45, 2.75) is 32.1 Å². The Kier molecular flexibility index (Phi) is 4.62. The van der Waals surface area contributed by atoms with Crippen LogP contribution >= 0.6 is 11.3 Å². The average Bonchev–Trinajstić information content (AvgIpc) is 3.15. The third kappa shape index (κ3) is 3.40. The molecule has 2 atom stereocenters. The highest BCUT2D eigenvalue weighted by molar-refractivity contribution is 7.10. The molecule has 1 saturated heterocycles. The molecule has 1 saturated carbocycles. The normalized spacial score (nSPS) is 25.1. The molecule has 4 nitrogen and oxygen atoms in total. The Morgan fingerprint density at radius 3 is 2.50 bits per heavy atom. The Hall–Kier alpha value is -1.62. The summed E-state index contributed by atoms with van der Waals surface area (Å²) in [5, 5.41) is 11.2. The first-order valence-corrected chi connectivity index (χ1v) is 8.76. The van der Waals surface area contributed by atoms with Crippen LogP contribution in [0.4, 0.5) is 0 Å². The highest BCUT2D eigenvalue weighted by Crippen LogP contribution is 2.36. The van der Waals surface area contributed by atoms with Crippen molar-refractivity contribution in [2.24, 2.45) is 11.8 Å². The molecule has 2 fully saturated rings. The monoisotopic (exact) mass is 319 g/mol. The van der Waals surface area contributed by atoms with Crippen LogP contribution in [-0.2, 0) is 9.59 Å². The van der Waals surface area contributed by atoms with E-state index in [4.69, 9.17) is 0 Å². The Balaban J connectivity index is 1.66. The molecule has 3 rings (SSSR count). The lowest BCUT2D eigenvalue weighted by Gasteiger charge is -2.22. The summed E-state index contributed by atoms with van der Waals surface area (Å²) >= 11 is 1.48. The highest BCUT2D eigenvalue weighted by Gasteiger charge is 2.36. The van der Waals surface area contributed by atoms with E-state index in [0.717, 1.165) is 18.0 Å². The van der Waals surface area contributed by atoms with E-state index >= 15 is 0 Å². The number of nitrogens with zero attached hydrogens (tertiary/aromatic N) is 1. The summed E-state index contributed by atoms with van der Waals surface area (Å²) < 4.78 is 0. The summed E-state index contributed by atoms with van der Waals surface area (Å²) in [6, 6.07) is 3.74. The van der Waals surface area contributed by atoms with Gasteiger partial charge in [0.05, 0.1) is 6.42 Å². The van der Waals surface area contributed by atoms with Crippen LogP contribution in [0.2, 0.25) is 0 Å². The lowest BCUT2D eigenvalue weighted by Crippen LogP contribution is -2.29. The van der Waals surface area contributed by atoms with Crippen molar-refractivity contribution < 1.29 is 14.7 Å². The molecule has 2 unspecified atom stereocenters. The zero-order chi connectivity index (χ0) is 15.5. The Labute approximate surface area is 134 Å². The molecule has 2 heterocycles. The van der Waals surface area contributed by atoms with Crippen molar-refractivity contribution in [1.82, 2.24) is 4.90 Å². The molecule has 5 heteroatoms. The topological polar surface area (TPSA) is 57.6 Å². The second-order valence-electron chi connectivity index (χ2n) is 6.27. The van der Waals surface area contributed by atoms with Crippen molar-refractivity contribution in [1.29, 1.82) is 0 Å². The van der Waals surface area contributed by atoms with Crippen molar-refractivity contribution in [2.75, 3.05) is 13.1 Å². The fourth-order valence-corrected chi connectivity index (χ4v) is 4.30. The number of likely N-dealkylation sites (tertiary alicyclic amines) is 1. The molecule has 0 radical (unpaired) electrons. The number of rotatable bonds is 4. The summed E-state index contributed by atoms with van der Waals surface area (Å²) in [6.45, 7) is 1.63. The van der Waals surface area contributed by atoms with Crippen molar-refractivity contribution in [3.05, 3.63) is 28.0 Å². The van der Waals surface area contributed by atoms with Gasteiger partial charge < -0.3 is 10.0 Å². The number of carboxylic acids is 1. The van der Waals surface area contributed by atoms with Gasteiger partial charge in [-0.2, -0.15) is 0 Å². The second-order valence-corrected chi connectivity index (χ2v) is 7.25. The SMILES string of the molecule is O=C(O)C(=Cc1cccs1)CC(=O)N1CC2CCCCC2C1. The molecule has 1 aliphatic heterocycles. The molecule has 1 N–H and O–H groups in total. The van der Waals surface area contributed by atoms with Crippen molar-refractivity contribution in [3.8, 4) is 0 Å². The minimum atomic E-state index is -1.00. The van der Waals surface area contributed by atoms with Crippen LogP contribution in [0.5, 0.6) is 0 Å². The molecule has 1 aromatic heterocycles. The van der Waals surface area contributed by atoms with Gasteiger partial charge in [0.2, 0.25) is 5.91 Å². The Bertz CT molecular complexity index is 565. The molecule has 2 aliphatic rings. The molecule has 0 spiro atoms. The van der Waals surface area contributed by atoms with Crippen LogP contribution in [-0.4, -0.2) is 35.0 Å². The van der Waals surface area contributed by atoms with Gasteiger partial charge in [0.25, 0.3) is 0 Å². The third-order valence-electron chi connectivity index (χ3n) is 4.81. The van der Waals surface area contributed by atoms with E-state index in [2.05, 4.69) is 0 Å². The maximum Gasteiger partial charge on any atom is 0.332 e. The largest absolute Gasteiger partial charge is 0.478 e. The molecule has 22 heavy (non-hydrogen) atoms. The number of hydrogen-bond donors (Lipinski definition) is 1. The number of amides is 1. The van der Waals surface area contributed by atoms with E-state index in [9.17, 15) is 14.7 Å². The first-order valence-electron chi connectivity index (χ1n) is 7.88. The number of thiophene rings is 1. The maximum atomic E-state index is 12.5. The third-order valence-corrected chi connectivity index (χ3v) is 5.62. The van der Waals surface area contributed by atoms with Crippen LogP contribution in [0.1, 0.15) is 37.0 Å². The van der Waals surface area contributed by atoms with E-state index in [1.54, 1.807) is 6.08 Å². The summed E-state index contributed by atoms with van der Waals surface area (Å²) in [4.78, 5) is 26.6. The smallest absolute Gasteiger partial charge is 0.332 e.